The SMILES string of the molecule is Nc1ccc(I)cc1-c1nnc2ccc(C(F)(F)F)cn12. The Kier molecular flexibility index (Phi) is 3.27. The maximum Gasteiger partial charge on any atom is 0.417 e. The molecular formula is C13H8F3IN4. The molecule has 1 aromatic carbocycles. The maximum absolute atomic E-state index is 12.8. The normalized spacial score (nSPS) is 12.0. The summed E-state index contributed by atoms with van der Waals surface area (Å²) in [5.74, 6) is 0.284. The molecule has 21 heavy (non-hydrogen) atoms. The number of nitrogens with zero attached hydrogens (tertiary/aromatic N) is 3. The Balaban J connectivity index is 2.26. The second kappa shape index (κ2) is 4.86. The molecule has 2 N–H and O–H groups in total. The fourth-order valence-corrected chi connectivity index (χ4v) is 2.46. The smallest absolute Gasteiger partial charge is 0.398 e. The van der Waals surface area contributed by atoms with Gasteiger partial charge in [0.25, 0.3) is 0 Å². The van der Waals surface area contributed by atoms with E-state index in [-0.39, 0.29) is 5.82 Å². The molecular weight excluding hydrogens is 396 g/mol. The number of benzene rings is 1. The highest BCUT2D eigenvalue weighted by Crippen LogP contribution is 2.31. The topological polar surface area (TPSA) is 56.2 Å². The Morgan fingerprint density at radius 3 is 2.57 bits per heavy atom. The van der Waals surface area contributed by atoms with Gasteiger partial charge in [-0.2, -0.15) is 13.2 Å². The Morgan fingerprint density at radius 2 is 1.86 bits per heavy atom. The van der Waals surface area contributed by atoms with E-state index in [2.05, 4.69) is 32.8 Å². The zero-order valence-corrected chi connectivity index (χ0v) is 12.6. The lowest BCUT2D eigenvalue weighted by Gasteiger charge is -2.08. The molecule has 0 aliphatic rings. The van der Waals surface area contributed by atoms with Crippen LogP contribution in [0.1, 0.15) is 5.56 Å². The number of hydrogen-bond acceptors (Lipinski definition) is 3. The minimum Gasteiger partial charge on any atom is -0.398 e. The van der Waals surface area contributed by atoms with Crippen LogP contribution in [0.4, 0.5) is 18.9 Å². The number of alkyl halides is 3. The molecule has 3 aromatic rings. The number of halogens is 4. The molecule has 0 saturated carbocycles. The first-order valence-corrected chi connectivity index (χ1v) is 6.91. The first-order valence-electron chi connectivity index (χ1n) is 5.83. The van der Waals surface area contributed by atoms with Gasteiger partial charge < -0.3 is 5.73 Å². The second-order valence-electron chi connectivity index (χ2n) is 4.40. The van der Waals surface area contributed by atoms with Crippen LogP contribution < -0.4 is 5.73 Å². The van der Waals surface area contributed by atoms with Gasteiger partial charge in [0.15, 0.2) is 11.5 Å². The van der Waals surface area contributed by atoms with Crippen LogP contribution in [0.15, 0.2) is 36.5 Å². The third kappa shape index (κ3) is 2.55. The van der Waals surface area contributed by atoms with Gasteiger partial charge in [0.1, 0.15) is 0 Å². The molecule has 8 heteroatoms. The molecule has 0 aliphatic carbocycles. The van der Waals surface area contributed by atoms with Gasteiger partial charge >= 0.3 is 6.18 Å². The molecule has 3 rings (SSSR count). The molecule has 0 amide bonds. The number of nitrogen functional groups attached to an aromatic ring is 1. The van der Waals surface area contributed by atoms with Gasteiger partial charge in [-0.15, -0.1) is 10.2 Å². The molecule has 0 fully saturated rings. The number of fused-ring (bicyclic) bond motifs is 1. The predicted molar refractivity (Wildman–Crippen MR) is 80.6 cm³/mol. The summed E-state index contributed by atoms with van der Waals surface area (Å²) in [7, 11) is 0. The van der Waals surface area contributed by atoms with Gasteiger partial charge in [-0.05, 0) is 52.9 Å². The van der Waals surface area contributed by atoms with Crippen LogP contribution in [0.3, 0.4) is 0 Å². The Morgan fingerprint density at radius 1 is 1.10 bits per heavy atom. The molecule has 108 valence electrons. The number of anilines is 1. The fourth-order valence-electron chi connectivity index (χ4n) is 1.96. The highest BCUT2D eigenvalue weighted by molar-refractivity contribution is 14.1. The van der Waals surface area contributed by atoms with Crippen molar-refractivity contribution < 1.29 is 13.2 Å². The molecule has 2 aromatic heterocycles. The second-order valence-corrected chi connectivity index (χ2v) is 5.64. The van der Waals surface area contributed by atoms with E-state index in [0.717, 1.165) is 15.8 Å². The number of rotatable bonds is 1. The fraction of sp³-hybridized carbons (Fsp3) is 0.0769. The largest absolute Gasteiger partial charge is 0.417 e. The number of aromatic nitrogens is 3. The standard InChI is InChI=1S/C13H8F3IN4/c14-13(15,16)7-1-4-11-19-20-12(21(11)6-7)9-5-8(17)2-3-10(9)18/h1-6H,18H2. The summed E-state index contributed by atoms with van der Waals surface area (Å²) in [5.41, 5.74) is 6.44. The predicted octanol–water partition coefficient (Wildman–Crippen LogP) is 3.60. The first kappa shape index (κ1) is 14.1. The average molecular weight is 404 g/mol. The lowest BCUT2D eigenvalue weighted by atomic mass is 10.1. The summed E-state index contributed by atoms with van der Waals surface area (Å²) in [6.45, 7) is 0. The van der Waals surface area contributed by atoms with Crippen molar-refractivity contribution in [3.8, 4) is 11.4 Å². The van der Waals surface area contributed by atoms with E-state index < -0.39 is 11.7 Å². The molecule has 0 aliphatic heterocycles. The van der Waals surface area contributed by atoms with E-state index in [4.69, 9.17) is 5.73 Å². The van der Waals surface area contributed by atoms with Crippen molar-refractivity contribution in [3.63, 3.8) is 0 Å². The van der Waals surface area contributed by atoms with Gasteiger partial charge in [0.2, 0.25) is 0 Å². The van der Waals surface area contributed by atoms with Crippen molar-refractivity contribution in [1.29, 1.82) is 0 Å². The van der Waals surface area contributed by atoms with Crippen LogP contribution in [0.5, 0.6) is 0 Å². The van der Waals surface area contributed by atoms with Crippen LogP contribution in [0, 0.1) is 3.57 Å². The number of hydrogen-bond donors (Lipinski definition) is 1. The Hall–Kier alpha value is -1.84. The van der Waals surface area contributed by atoms with Gasteiger partial charge in [-0.25, -0.2) is 0 Å². The van der Waals surface area contributed by atoms with Crippen molar-refractivity contribution in [2.75, 3.05) is 5.73 Å². The molecule has 4 nitrogen and oxygen atoms in total. The van der Waals surface area contributed by atoms with Gasteiger partial charge in [0.05, 0.1) is 5.56 Å². The molecule has 0 spiro atoms. The minimum atomic E-state index is -4.42. The molecule has 0 bridgehead atoms. The van der Waals surface area contributed by atoms with Crippen molar-refractivity contribution >= 4 is 33.9 Å². The van der Waals surface area contributed by atoms with E-state index in [1.54, 1.807) is 12.1 Å². The van der Waals surface area contributed by atoms with Crippen molar-refractivity contribution in [2.45, 2.75) is 6.18 Å². The maximum atomic E-state index is 12.8. The quantitative estimate of drug-likeness (QED) is 0.498. The number of nitrogens with two attached hydrogens (primary N) is 1. The minimum absolute atomic E-state index is 0.284. The van der Waals surface area contributed by atoms with Gasteiger partial charge in [0, 0.05) is 21.0 Å². The Bertz CT molecular complexity index is 826. The van der Waals surface area contributed by atoms with E-state index in [1.807, 2.05) is 6.07 Å². The van der Waals surface area contributed by atoms with Crippen LogP contribution in [0.25, 0.3) is 17.0 Å². The lowest BCUT2D eigenvalue weighted by molar-refractivity contribution is -0.137. The Labute approximate surface area is 130 Å². The summed E-state index contributed by atoms with van der Waals surface area (Å²) in [4.78, 5) is 0. The zero-order chi connectivity index (χ0) is 15.2. The van der Waals surface area contributed by atoms with E-state index in [9.17, 15) is 13.2 Å². The summed E-state index contributed by atoms with van der Waals surface area (Å²) >= 11 is 2.10. The molecule has 0 saturated heterocycles. The van der Waals surface area contributed by atoms with Crippen LogP contribution in [-0.2, 0) is 6.18 Å². The van der Waals surface area contributed by atoms with Gasteiger partial charge in [-0.1, -0.05) is 0 Å². The molecule has 0 atom stereocenters. The van der Waals surface area contributed by atoms with E-state index in [0.29, 0.717) is 16.9 Å². The molecule has 2 heterocycles. The zero-order valence-electron chi connectivity index (χ0n) is 10.4. The monoisotopic (exact) mass is 404 g/mol. The molecule has 0 unspecified atom stereocenters. The highest BCUT2D eigenvalue weighted by atomic mass is 127. The van der Waals surface area contributed by atoms with Crippen molar-refractivity contribution in [2.24, 2.45) is 0 Å². The summed E-state index contributed by atoms with van der Waals surface area (Å²) in [6, 6.07) is 7.51. The average Bonchev–Trinajstić information content (AvgIpc) is 2.83. The van der Waals surface area contributed by atoms with Crippen molar-refractivity contribution in [1.82, 2.24) is 14.6 Å². The lowest BCUT2D eigenvalue weighted by Crippen LogP contribution is -2.06. The summed E-state index contributed by atoms with van der Waals surface area (Å²) in [5, 5.41) is 7.83. The molecule has 0 radical (unpaired) electrons. The van der Waals surface area contributed by atoms with Crippen LogP contribution in [-0.4, -0.2) is 14.6 Å². The third-order valence-electron chi connectivity index (χ3n) is 2.99. The summed E-state index contributed by atoms with van der Waals surface area (Å²) in [6.07, 6.45) is -3.45. The van der Waals surface area contributed by atoms with E-state index >= 15 is 0 Å². The van der Waals surface area contributed by atoms with Crippen molar-refractivity contribution in [3.05, 3.63) is 45.7 Å². The van der Waals surface area contributed by atoms with E-state index in [1.165, 1.54) is 10.5 Å². The highest BCUT2D eigenvalue weighted by Gasteiger charge is 2.31. The van der Waals surface area contributed by atoms with Crippen LogP contribution in [0.2, 0.25) is 0 Å². The first-order chi connectivity index (χ1) is 9.86. The number of pyridine rings is 1. The third-order valence-corrected chi connectivity index (χ3v) is 3.66. The van der Waals surface area contributed by atoms with Crippen LogP contribution >= 0.6 is 22.6 Å². The summed E-state index contributed by atoms with van der Waals surface area (Å²) < 4.78 is 40.7. The van der Waals surface area contributed by atoms with Gasteiger partial charge in [-0.3, -0.25) is 4.40 Å².